The Morgan fingerprint density at radius 2 is 2.17 bits per heavy atom. The van der Waals surface area contributed by atoms with Crippen LogP contribution in [0.15, 0.2) is 0 Å². The van der Waals surface area contributed by atoms with Crippen LogP contribution in [0.1, 0.15) is 13.8 Å². The maximum absolute atomic E-state index is 11.9. The number of nitrogens with one attached hydrogen (secondary N) is 3. The topological polar surface area (TPSA) is 79.5 Å². The highest BCUT2D eigenvalue weighted by Crippen LogP contribution is 2.15. The fourth-order valence-electron chi connectivity index (χ4n) is 1.98. The van der Waals surface area contributed by atoms with Crippen LogP contribution in [-0.2, 0) is 14.3 Å². The van der Waals surface area contributed by atoms with Crippen molar-refractivity contribution in [2.24, 2.45) is 11.8 Å². The van der Waals surface area contributed by atoms with Gasteiger partial charge in [-0.1, -0.05) is 6.92 Å². The molecule has 0 spiro atoms. The lowest BCUT2D eigenvalue weighted by Crippen LogP contribution is -2.48. The molecule has 1 unspecified atom stereocenters. The summed E-state index contributed by atoms with van der Waals surface area (Å²) in [6, 6.07) is -0.512. The minimum Gasteiger partial charge on any atom is -0.383 e. The molecule has 0 aromatic rings. The van der Waals surface area contributed by atoms with Crippen molar-refractivity contribution < 1.29 is 14.3 Å². The van der Waals surface area contributed by atoms with Crippen molar-refractivity contribution in [2.45, 2.75) is 19.9 Å². The van der Waals surface area contributed by atoms with Crippen LogP contribution in [0.2, 0.25) is 0 Å². The first-order valence-electron chi connectivity index (χ1n) is 6.34. The van der Waals surface area contributed by atoms with Crippen LogP contribution in [0.25, 0.3) is 0 Å². The van der Waals surface area contributed by atoms with Gasteiger partial charge in [-0.25, -0.2) is 0 Å². The molecule has 0 aromatic carbocycles. The van der Waals surface area contributed by atoms with Gasteiger partial charge in [-0.3, -0.25) is 9.59 Å². The summed E-state index contributed by atoms with van der Waals surface area (Å²) in [5.74, 6) is 0.0360. The summed E-state index contributed by atoms with van der Waals surface area (Å²) >= 11 is 0. The Labute approximate surface area is 108 Å². The van der Waals surface area contributed by atoms with E-state index in [1.807, 2.05) is 6.92 Å². The van der Waals surface area contributed by atoms with E-state index in [0.29, 0.717) is 25.6 Å². The molecule has 3 N–H and O–H groups in total. The second-order valence-electron chi connectivity index (χ2n) is 4.76. The second kappa shape index (κ2) is 7.33. The first-order chi connectivity index (χ1) is 8.56. The number of carbonyl (C=O) groups excluding carboxylic acids is 2. The van der Waals surface area contributed by atoms with Gasteiger partial charge in [-0.15, -0.1) is 0 Å². The largest absolute Gasteiger partial charge is 0.383 e. The molecular weight excluding hydrogens is 234 g/mol. The van der Waals surface area contributed by atoms with Crippen LogP contribution in [-0.4, -0.2) is 51.2 Å². The molecule has 0 aliphatic carbocycles. The van der Waals surface area contributed by atoms with Crippen molar-refractivity contribution in [1.29, 1.82) is 0 Å². The number of hydrogen-bond donors (Lipinski definition) is 3. The van der Waals surface area contributed by atoms with Crippen LogP contribution < -0.4 is 16.0 Å². The highest BCUT2D eigenvalue weighted by atomic mass is 16.5. The molecule has 0 radical (unpaired) electrons. The number of hydrogen-bond acceptors (Lipinski definition) is 4. The Balaban J connectivity index is 2.32. The van der Waals surface area contributed by atoms with Gasteiger partial charge in [0.15, 0.2) is 0 Å². The minimum atomic E-state index is -0.512. The molecule has 1 saturated heterocycles. The summed E-state index contributed by atoms with van der Waals surface area (Å²) in [7, 11) is 1.58. The van der Waals surface area contributed by atoms with Gasteiger partial charge in [-0.05, 0) is 19.4 Å². The average molecular weight is 257 g/mol. The third-order valence-electron chi connectivity index (χ3n) is 3.21. The normalized spacial score (nSPS) is 24.6. The molecule has 1 aliphatic heterocycles. The number of ether oxygens (including phenoxy) is 1. The molecule has 18 heavy (non-hydrogen) atoms. The zero-order valence-corrected chi connectivity index (χ0v) is 11.3. The van der Waals surface area contributed by atoms with Gasteiger partial charge in [0.2, 0.25) is 11.8 Å². The number of rotatable bonds is 6. The molecule has 0 bridgehead atoms. The fraction of sp³-hybridized carbons (Fsp3) is 0.833. The van der Waals surface area contributed by atoms with Crippen LogP contribution in [0.5, 0.6) is 0 Å². The highest BCUT2D eigenvalue weighted by Gasteiger charge is 2.30. The van der Waals surface area contributed by atoms with Crippen molar-refractivity contribution in [3.05, 3.63) is 0 Å². The molecule has 2 amide bonds. The monoisotopic (exact) mass is 257 g/mol. The fourth-order valence-corrected chi connectivity index (χ4v) is 1.98. The molecule has 6 nitrogen and oxygen atoms in total. The molecule has 1 aliphatic rings. The van der Waals surface area contributed by atoms with Crippen LogP contribution in [0, 0.1) is 11.8 Å². The summed E-state index contributed by atoms with van der Waals surface area (Å²) < 4.78 is 4.84. The smallest absolute Gasteiger partial charge is 0.242 e. The Morgan fingerprint density at radius 1 is 1.44 bits per heavy atom. The van der Waals surface area contributed by atoms with Crippen molar-refractivity contribution in [2.75, 3.05) is 33.4 Å². The standard InChI is InChI=1S/C12H23N3O3/c1-8-6-13-7-10(8)12(17)15-9(2)11(16)14-4-5-18-3/h8-10,13H,4-7H2,1-3H3,(H,14,16)(H,15,17)/t8-,9?,10-/m1/s1. The van der Waals surface area contributed by atoms with Gasteiger partial charge in [0.25, 0.3) is 0 Å². The van der Waals surface area contributed by atoms with Crippen molar-refractivity contribution in [1.82, 2.24) is 16.0 Å². The number of methoxy groups -OCH3 is 1. The maximum atomic E-state index is 11.9. The third-order valence-corrected chi connectivity index (χ3v) is 3.21. The Hall–Kier alpha value is -1.14. The molecule has 104 valence electrons. The quantitative estimate of drug-likeness (QED) is 0.539. The van der Waals surface area contributed by atoms with E-state index < -0.39 is 6.04 Å². The Bertz CT molecular complexity index is 296. The van der Waals surface area contributed by atoms with Crippen LogP contribution in [0.4, 0.5) is 0 Å². The van der Waals surface area contributed by atoms with E-state index in [1.165, 1.54) is 0 Å². The van der Waals surface area contributed by atoms with Gasteiger partial charge in [-0.2, -0.15) is 0 Å². The number of amides is 2. The SMILES string of the molecule is COCCNC(=O)C(C)NC(=O)[C@@H]1CNC[C@H]1C. The Morgan fingerprint density at radius 3 is 2.72 bits per heavy atom. The molecule has 6 heteroatoms. The van der Waals surface area contributed by atoms with Crippen LogP contribution >= 0.6 is 0 Å². The summed E-state index contributed by atoms with van der Waals surface area (Å²) in [6.07, 6.45) is 0. The summed E-state index contributed by atoms with van der Waals surface area (Å²) in [5, 5.41) is 8.61. The average Bonchev–Trinajstić information content (AvgIpc) is 2.75. The van der Waals surface area contributed by atoms with Gasteiger partial charge in [0.1, 0.15) is 6.04 Å². The predicted octanol–water partition coefficient (Wildman–Crippen LogP) is -0.891. The summed E-state index contributed by atoms with van der Waals surface area (Å²) in [6.45, 7) is 6.19. The molecule has 1 rings (SSSR count). The molecule has 0 saturated carbocycles. The van der Waals surface area contributed by atoms with E-state index in [2.05, 4.69) is 16.0 Å². The van der Waals surface area contributed by atoms with Crippen molar-refractivity contribution in [3.8, 4) is 0 Å². The van der Waals surface area contributed by atoms with E-state index >= 15 is 0 Å². The zero-order valence-electron chi connectivity index (χ0n) is 11.3. The van der Waals surface area contributed by atoms with Gasteiger partial charge in [0, 0.05) is 20.2 Å². The molecular formula is C12H23N3O3. The van der Waals surface area contributed by atoms with E-state index in [1.54, 1.807) is 14.0 Å². The molecule has 0 aromatic heterocycles. The molecule has 3 atom stereocenters. The maximum Gasteiger partial charge on any atom is 0.242 e. The third kappa shape index (κ3) is 4.27. The van der Waals surface area contributed by atoms with Crippen LogP contribution in [0.3, 0.4) is 0 Å². The Kier molecular flexibility index (Phi) is 6.07. The van der Waals surface area contributed by atoms with Gasteiger partial charge >= 0.3 is 0 Å². The lowest BCUT2D eigenvalue weighted by molar-refractivity contribution is -0.131. The van der Waals surface area contributed by atoms with E-state index in [4.69, 9.17) is 4.74 Å². The lowest BCUT2D eigenvalue weighted by atomic mass is 9.97. The first kappa shape index (κ1) is 14.9. The van der Waals surface area contributed by atoms with Crippen molar-refractivity contribution in [3.63, 3.8) is 0 Å². The number of carbonyl (C=O) groups is 2. The van der Waals surface area contributed by atoms with Crippen molar-refractivity contribution >= 4 is 11.8 Å². The lowest BCUT2D eigenvalue weighted by Gasteiger charge is -2.18. The molecule has 1 fully saturated rings. The first-order valence-corrected chi connectivity index (χ1v) is 6.34. The molecule has 1 heterocycles. The predicted molar refractivity (Wildman–Crippen MR) is 68.0 cm³/mol. The summed E-state index contributed by atoms with van der Waals surface area (Å²) in [4.78, 5) is 23.6. The van der Waals surface area contributed by atoms with Gasteiger partial charge < -0.3 is 20.7 Å². The summed E-state index contributed by atoms with van der Waals surface area (Å²) in [5.41, 5.74) is 0. The van der Waals surface area contributed by atoms with E-state index in [0.717, 1.165) is 6.54 Å². The zero-order chi connectivity index (χ0) is 13.5. The minimum absolute atomic E-state index is 0.0424. The van der Waals surface area contributed by atoms with E-state index in [-0.39, 0.29) is 17.7 Å². The van der Waals surface area contributed by atoms with Gasteiger partial charge in [0.05, 0.1) is 12.5 Å². The van der Waals surface area contributed by atoms with E-state index in [9.17, 15) is 9.59 Å². The highest BCUT2D eigenvalue weighted by molar-refractivity contribution is 5.88. The second-order valence-corrected chi connectivity index (χ2v) is 4.76.